The third-order valence-corrected chi connectivity index (χ3v) is 7.14. The summed E-state index contributed by atoms with van der Waals surface area (Å²) in [6.45, 7) is 0. The third kappa shape index (κ3) is 5.40. The summed E-state index contributed by atoms with van der Waals surface area (Å²) in [5.74, 6) is 1.38. The van der Waals surface area contributed by atoms with Crippen molar-refractivity contribution in [1.82, 2.24) is 9.97 Å². The van der Waals surface area contributed by atoms with Gasteiger partial charge < -0.3 is 14.5 Å². The number of halogens is 1. The molecule has 1 aliphatic rings. The van der Waals surface area contributed by atoms with Gasteiger partial charge in [0.05, 0.1) is 19.9 Å². The van der Waals surface area contributed by atoms with Gasteiger partial charge in [0.2, 0.25) is 0 Å². The summed E-state index contributed by atoms with van der Waals surface area (Å²) < 4.78 is 11.3. The minimum absolute atomic E-state index is 0.0581. The summed E-state index contributed by atoms with van der Waals surface area (Å²) in [5.41, 5.74) is 1.79. The molecule has 3 rings (SSSR count). The number of ether oxygens (including phenoxy) is 2. The molecule has 1 saturated carbocycles. The quantitative estimate of drug-likeness (QED) is 0.351. The Kier molecular flexibility index (Phi) is 7.46. The van der Waals surface area contributed by atoms with Gasteiger partial charge >= 0.3 is 0 Å². The fraction of sp³-hybridized carbons (Fsp3) is 0.500. The molecule has 0 amide bonds. The number of hydrogen-bond donors (Lipinski definition) is 1. The molecule has 1 aliphatic carbocycles. The van der Waals surface area contributed by atoms with Crippen molar-refractivity contribution < 1.29 is 9.47 Å². The van der Waals surface area contributed by atoms with E-state index in [9.17, 15) is 4.79 Å². The molecule has 146 valence electrons. The number of nitrogens with zero attached hydrogens (tertiary/aromatic N) is 1. The maximum Gasteiger partial charge on any atom is 0.265 e. The van der Waals surface area contributed by atoms with Crippen LogP contribution in [-0.4, -0.2) is 29.4 Å². The molecular formula is C20H25IN2O3S. The topological polar surface area (TPSA) is 64.2 Å². The predicted octanol–water partition coefficient (Wildman–Crippen LogP) is 4.80. The second kappa shape index (κ2) is 9.82. The number of thioether (sulfide) groups is 1. The first-order valence-corrected chi connectivity index (χ1v) is 11.2. The Balaban J connectivity index is 1.82. The molecule has 0 aliphatic heterocycles. The zero-order valence-electron chi connectivity index (χ0n) is 15.7. The largest absolute Gasteiger partial charge is 0.493 e. The lowest BCUT2D eigenvalue weighted by Crippen LogP contribution is -2.17. The molecule has 0 saturated heterocycles. The van der Waals surface area contributed by atoms with E-state index in [2.05, 4.69) is 27.6 Å². The third-order valence-electron chi connectivity index (χ3n) is 4.81. The highest BCUT2D eigenvalue weighted by Gasteiger charge is 2.17. The van der Waals surface area contributed by atoms with Crippen LogP contribution in [0, 0.1) is 3.57 Å². The van der Waals surface area contributed by atoms with Crippen molar-refractivity contribution in [1.29, 1.82) is 0 Å². The second-order valence-corrected chi connectivity index (χ2v) is 9.10. The van der Waals surface area contributed by atoms with Gasteiger partial charge in [-0.05, 0) is 53.1 Å². The summed E-state index contributed by atoms with van der Waals surface area (Å²) in [7, 11) is 3.24. The Hall–Kier alpha value is -1.22. The van der Waals surface area contributed by atoms with Crippen molar-refractivity contribution in [2.75, 3.05) is 14.2 Å². The first-order valence-electron chi connectivity index (χ1n) is 9.27. The summed E-state index contributed by atoms with van der Waals surface area (Å²) >= 11 is 3.81. The Labute approximate surface area is 177 Å². The average molecular weight is 500 g/mol. The monoisotopic (exact) mass is 500 g/mol. The number of rotatable bonds is 6. The first kappa shape index (κ1) is 20.5. The second-order valence-electron chi connectivity index (χ2n) is 6.73. The number of methoxy groups -OCH3 is 2. The molecule has 0 spiro atoms. The van der Waals surface area contributed by atoms with Crippen LogP contribution in [0.1, 0.15) is 49.8 Å². The molecular weight excluding hydrogens is 475 g/mol. The molecule has 1 fully saturated rings. The highest BCUT2D eigenvalue weighted by atomic mass is 127. The fourth-order valence-corrected chi connectivity index (χ4v) is 5.00. The zero-order valence-corrected chi connectivity index (χ0v) is 18.7. The average Bonchev–Trinajstić information content (AvgIpc) is 2.94. The Morgan fingerprint density at radius 1 is 1.15 bits per heavy atom. The maximum atomic E-state index is 12.4. The lowest BCUT2D eigenvalue weighted by atomic mass is 10.1. The molecule has 1 heterocycles. The number of aromatic amines is 1. The molecule has 1 aromatic heterocycles. The normalized spacial score (nSPS) is 15.4. The molecule has 5 nitrogen and oxygen atoms in total. The van der Waals surface area contributed by atoms with Gasteiger partial charge in [-0.3, -0.25) is 4.79 Å². The first-order chi connectivity index (χ1) is 13.1. The van der Waals surface area contributed by atoms with Crippen LogP contribution in [0.25, 0.3) is 0 Å². The highest BCUT2D eigenvalue weighted by molar-refractivity contribution is 14.1. The van der Waals surface area contributed by atoms with Gasteiger partial charge in [0.25, 0.3) is 5.56 Å². The van der Waals surface area contributed by atoms with Crippen molar-refractivity contribution in [3.05, 3.63) is 43.4 Å². The van der Waals surface area contributed by atoms with E-state index in [4.69, 9.17) is 14.5 Å². The van der Waals surface area contributed by atoms with Crippen LogP contribution in [0.5, 0.6) is 11.5 Å². The molecule has 0 radical (unpaired) electrons. The Morgan fingerprint density at radius 2 is 1.85 bits per heavy atom. The summed E-state index contributed by atoms with van der Waals surface area (Å²) in [6, 6.07) is 5.81. The lowest BCUT2D eigenvalue weighted by Gasteiger charge is -2.14. The van der Waals surface area contributed by atoms with Crippen molar-refractivity contribution in [3.63, 3.8) is 0 Å². The molecule has 0 unspecified atom stereocenters. The Bertz CT molecular complexity index is 832. The lowest BCUT2D eigenvalue weighted by molar-refractivity contribution is 0.354. The van der Waals surface area contributed by atoms with Crippen LogP contribution in [0.15, 0.2) is 28.2 Å². The minimum atomic E-state index is -0.0581. The summed E-state index contributed by atoms with van der Waals surface area (Å²) in [5, 5.41) is 1.28. The molecule has 0 atom stereocenters. The van der Waals surface area contributed by atoms with E-state index in [1.807, 2.05) is 18.2 Å². The van der Waals surface area contributed by atoms with Crippen molar-refractivity contribution >= 4 is 34.4 Å². The molecule has 1 aromatic carbocycles. The van der Waals surface area contributed by atoms with E-state index >= 15 is 0 Å². The molecule has 27 heavy (non-hydrogen) atoms. The van der Waals surface area contributed by atoms with E-state index in [0.717, 1.165) is 16.4 Å². The minimum Gasteiger partial charge on any atom is -0.493 e. The van der Waals surface area contributed by atoms with E-state index in [-0.39, 0.29) is 5.56 Å². The molecule has 0 bridgehead atoms. The predicted molar refractivity (Wildman–Crippen MR) is 117 cm³/mol. The van der Waals surface area contributed by atoms with E-state index < -0.39 is 0 Å². The van der Waals surface area contributed by atoms with Gasteiger partial charge in [0.1, 0.15) is 3.57 Å². The van der Waals surface area contributed by atoms with Crippen LogP contribution in [0.4, 0.5) is 0 Å². The van der Waals surface area contributed by atoms with Crippen LogP contribution in [0.2, 0.25) is 0 Å². The molecule has 7 heteroatoms. The van der Waals surface area contributed by atoms with Gasteiger partial charge in [0.15, 0.2) is 16.7 Å². The van der Waals surface area contributed by atoms with Crippen LogP contribution < -0.4 is 15.0 Å². The number of aromatic nitrogens is 2. The van der Waals surface area contributed by atoms with Gasteiger partial charge in [-0.1, -0.05) is 43.5 Å². The molecule has 2 aromatic rings. The van der Waals surface area contributed by atoms with E-state index in [1.54, 1.807) is 26.0 Å². The van der Waals surface area contributed by atoms with Crippen molar-refractivity contribution in [2.45, 2.75) is 55.4 Å². The van der Waals surface area contributed by atoms with E-state index in [1.165, 1.54) is 38.5 Å². The smallest absolute Gasteiger partial charge is 0.265 e. The fourth-order valence-electron chi connectivity index (χ4n) is 3.36. The number of H-pyrrole nitrogens is 1. The van der Waals surface area contributed by atoms with Crippen molar-refractivity contribution in [2.24, 2.45) is 0 Å². The van der Waals surface area contributed by atoms with E-state index in [0.29, 0.717) is 26.7 Å². The number of benzene rings is 1. The molecule has 1 N–H and O–H groups in total. The number of hydrogen-bond acceptors (Lipinski definition) is 5. The summed E-state index contributed by atoms with van der Waals surface area (Å²) in [6.07, 6.45) is 8.16. The SMILES string of the molecule is COc1ccc(Cc2nc(SC3CCCCCC3)[nH]c(=O)c2I)cc1OC. The number of nitrogens with one attached hydrogen (secondary N) is 1. The van der Waals surface area contributed by atoms with Crippen molar-refractivity contribution in [3.8, 4) is 11.5 Å². The Morgan fingerprint density at radius 3 is 2.52 bits per heavy atom. The highest BCUT2D eigenvalue weighted by Crippen LogP contribution is 2.32. The van der Waals surface area contributed by atoms with Gasteiger partial charge in [-0.25, -0.2) is 4.98 Å². The standard InChI is InChI=1S/C20H25IN2O3S/c1-25-16-10-9-13(12-17(16)26-2)11-15-18(21)19(24)23-20(22-15)27-14-7-5-3-4-6-8-14/h9-10,12,14H,3-8,11H2,1-2H3,(H,22,23,24). The van der Waals surface area contributed by atoms with Gasteiger partial charge in [-0.15, -0.1) is 0 Å². The van der Waals surface area contributed by atoms with Gasteiger partial charge in [0, 0.05) is 11.7 Å². The van der Waals surface area contributed by atoms with Crippen LogP contribution in [0.3, 0.4) is 0 Å². The zero-order chi connectivity index (χ0) is 19.2. The van der Waals surface area contributed by atoms with Crippen LogP contribution >= 0.6 is 34.4 Å². The maximum absolute atomic E-state index is 12.4. The summed E-state index contributed by atoms with van der Waals surface area (Å²) in [4.78, 5) is 20.2. The van der Waals surface area contributed by atoms with Gasteiger partial charge in [-0.2, -0.15) is 0 Å². The van der Waals surface area contributed by atoms with Crippen LogP contribution in [-0.2, 0) is 6.42 Å².